The molecule has 0 aromatic rings. The first kappa shape index (κ1) is 12.1. The monoisotopic (exact) mass is 224 g/mol. The van der Waals surface area contributed by atoms with Crippen LogP contribution in [-0.4, -0.2) is 22.4 Å². The molecule has 1 saturated carbocycles. The molecule has 92 valence electrons. The van der Waals surface area contributed by atoms with Gasteiger partial charge in [0.15, 0.2) is 0 Å². The average Bonchev–Trinajstić information content (AvgIpc) is 2.28. The van der Waals surface area contributed by atoms with Crippen molar-refractivity contribution in [3.8, 4) is 0 Å². The van der Waals surface area contributed by atoms with E-state index in [1.807, 2.05) is 0 Å². The highest BCUT2D eigenvalue weighted by Crippen LogP contribution is 2.40. The van der Waals surface area contributed by atoms with Gasteiger partial charge in [-0.25, -0.2) is 0 Å². The van der Waals surface area contributed by atoms with Gasteiger partial charge in [-0.05, 0) is 38.0 Å². The highest BCUT2D eigenvalue weighted by Gasteiger charge is 2.39. The number of aliphatic hydroxyl groups is 2. The summed E-state index contributed by atoms with van der Waals surface area (Å²) < 4.78 is 0. The van der Waals surface area contributed by atoms with Gasteiger partial charge in [-0.2, -0.15) is 0 Å². The number of aliphatic hydroxyl groups excluding tert-OH is 2. The van der Waals surface area contributed by atoms with Gasteiger partial charge in [0.2, 0.25) is 0 Å². The van der Waals surface area contributed by atoms with Gasteiger partial charge in [0, 0.05) is 5.92 Å². The van der Waals surface area contributed by atoms with Gasteiger partial charge in [-0.15, -0.1) is 0 Å². The molecule has 4 atom stereocenters. The Balaban J connectivity index is 2.05. The molecule has 0 aromatic carbocycles. The van der Waals surface area contributed by atoms with Crippen LogP contribution in [0.15, 0.2) is 11.6 Å². The second-order valence-electron chi connectivity index (χ2n) is 5.39. The third-order valence-electron chi connectivity index (χ3n) is 4.27. The largest absolute Gasteiger partial charge is 0.392 e. The van der Waals surface area contributed by atoms with Crippen LogP contribution in [0.1, 0.15) is 51.9 Å². The van der Waals surface area contributed by atoms with Crippen molar-refractivity contribution in [2.75, 3.05) is 0 Å². The van der Waals surface area contributed by atoms with Crippen molar-refractivity contribution in [3.63, 3.8) is 0 Å². The molecule has 0 bridgehead atoms. The maximum Gasteiger partial charge on any atom is 0.0661 e. The van der Waals surface area contributed by atoms with E-state index in [1.54, 1.807) is 0 Å². The van der Waals surface area contributed by atoms with Crippen LogP contribution in [0.2, 0.25) is 0 Å². The highest BCUT2D eigenvalue weighted by molar-refractivity contribution is 5.18. The second kappa shape index (κ2) is 5.33. The summed E-state index contributed by atoms with van der Waals surface area (Å²) in [5, 5.41) is 20.4. The van der Waals surface area contributed by atoms with Crippen molar-refractivity contribution in [3.05, 3.63) is 11.6 Å². The van der Waals surface area contributed by atoms with E-state index in [-0.39, 0.29) is 18.1 Å². The van der Waals surface area contributed by atoms with Crippen molar-refractivity contribution in [2.45, 2.75) is 64.1 Å². The van der Waals surface area contributed by atoms with Gasteiger partial charge >= 0.3 is 0 Å². The summed E-state index contributed by atoms with van der Waals surface area (Å²) in [7, 11) is 0. The quantitative estimate of drug-likeness (QED) is 0.724. The molecule has 0 amide bonds. The van der Waals surface area contributed by atoms with E-state index in [2.05, 4.69) is 13.0 Å². The van der Waals surface area contributed by atoms with Gasteiger partial charge in [-0.3, -0.25) is 0 Å². The summed E-state index contributed by atoms with van der Waals surface area (Å²) >= 11 is 0. The van der Waals surface area contributed by atoms with Crippen LogP contribution in [0.3, 0.4) is 0 Å². The van der Waals surface area contributed by atoms with E-state index in [4.69, 9.17) is 0 Å². The van der Waals surface area contributed by atoms with Gasteiger partial charge in [-0.1, -0.05) is 31.4 Å². The molecule has 0 radical (unpaired) electrons. The SMILES string of the molecule is CCCC[C@@H]1CC=C2CCC[C@H](O)[C@@H]2[C@H]1O. The number of allylic oxidation sites excluding steroid dienone is 1. The maximum absolute atomic E-state index is 10.4. The summed E-state index contributed by atoms with van der Waals surface area (Å²) in [6.45, 7) is 2.19. The fourth-order valence-electron chi connectivity index (χ4n) is 3.28. The minimum absolute atomic E-state index is 0.0457. The molecule has 0 heterocycles. The number of hydrogen-bond donors (Lipinski definition) is 2. The number of fused-ring (bicyclic) bond motifs is 1. The van der Waals surface area contributed by atoms with E-state index in [0.717, 1.165) is 32.1 Å². The van der Waals surface area contributed by atoms with Gasteiger partial charge in [0.1, 0.15) is 0 Å². The Hall–Kier alpha value is -0.340. The Labute approximate surface area is 98.4 Å². The lowest BCUT2D eigenvalue weighted by molar-refractivity contribution is -0.0236. The molecule has 16 heavy (non-hydrogen) atoms. The van der Waals surface area contributed by atoms with Crippen LogP contribution >= 0.6 is 0 Å². The van der Waals surface area contributed by atoms with Crippen LogP contribution in [0.25, 0.3) is 0 Å². The molecule has 2 aliphatic carbocycles. The Morgan fingerprint density at radius 3 is 2.94 bits per heavy atom. The van der Waals surface area contributed by atoms with Gasteiger partial charge in [0.25, 0.3) is 0 Å². The highest BCUT2D eigenvalue weighted by atomic mass is 16.3. The summed E-state index contributed by atoms with van der Waals surface area (Å²) in [6, 6.07) is 0. The predicted molar refractivity (Wildman–Crippen MR) is 65.1 cm³/mol. The van der Waals surface area contributed by atoms with E-state index in [9.17, 15) is 10.2 Å². The first-order valence-electron chi connectivity index (χ1n) is 6.79. The predicted octanol–water partition coefficient (Wildman–Crippen LogP) is 2.64. The fourth-order valence-corrected chi connectivity index (χ4v) is 3.28. The first-order valence-corrected chi connectivity index (χ1v) is 6.79. The molecule has 2 N–H and O–H groups in total. The van der Waals surface area contributed by atoms with Gasteiger partial charge < -0.3 is 10.2 Å². The maximum atomic E-state index is 10.4. The van der Waals surface area contributed by atoms with Gasteiger partial charge in [0.05, 0.1) is 12.2 Å². The Morgan fingerprint density at radius 1 is 1.38 bits per heavy atom. The van der Waals surface area contributed by atoms with E-state index >= 15 is 0 Å². The van der Waals surface area contributed by atoms with Crippen molar-refractivity contribution in [1.29, 1.82) is 0 Å². The molecule has 1 fully saturated rings. The summed E-state index contributed by atoms with van der Waals surface area (Å²) in [4.78, 5) is 0. The molecule has 0 saturated heterocycles. The zero-order chi connectivity index (χ0) is 11.5. The molecule has 2 nitrogen and oxygen atoms in total. The Bertz CT molecular complexity index is 259. The average molecular weight is 224 g/mol. The molecule has 0 unspecified atom stereocenters. The van der Waals surface area contributed by atoms with Crippen molar-refractivity contribution >= 4 is 0 Å². The first-order chi connectivity index (χ1) is 7.74. The topological polar surface area (TPSA) is 40.5 Å². The lowest BCUT2D eigenvalue weighted by Crippen LogP contribution is -2.42. The van der Waals surface area contributed by atoms with E-state index in [1.165, 1.54) is 18.4 Å². The summed E-state index contributed by atoms with van der Waals surface area (Å²) in [6.07, 6.45) is 9.20. The van der Waals surface area contributed by atoms with Crippen LogP contribution < -0.4 is 0 Å². The smallest absolute Gasteiger partial charge is 0.0661 e. The molecule has 2 rings (SSSR count). The third kappa shape index (κ3) is 2.33. The second-order valence-corrected chi connectivity index (χ2v) is 5.39. The number of hydrogen-bond acceptors (Lipinski definition) is 2. The van der Waals surface area contributed by atoms with E-state index < -0.39 is 0 Å². The standard InChI is InChI=1S/C14H24O2/c1-2-3-5-11-9-8-10-6-4-7-12(15)13(10)14(11)16/h8,11-16H,2-7,9H2,1H3/t11-,12+,13-,14+/m1/s1. The van der Waals surface area contributed by atoms with Crippen LogP contribution in [0, 0.1) is 11.8 Å². The molecule has 0 spiro atoms. The summed E-state index contributed by atoms with van der Waals surface area (Å²) in [5.74, 6) is 0.422. The van der Waals surface area contributed by atoms with Crippen molar-refractivity contribution in [2.24, 2.45) is 11.8 Å². The zero-order valence-electron chi connectivity index (χ0n) is 10.2. The number of unbranched alkanes of at least 4 members (excludes halogenated alkanes) is 1. The van der Waals surface area contributed by atoms with Crippen molar-refractivity contribution in [1.82, 2.24) is 0 Å². The number of rotatable bonds is 3. The summed E-state index contributed by atoms with van der Waals surface area (Å²) in [5.41, 5.74) is 1.32. The Kier molecular flexibility index (Phi) is 4.04. The molecule has 0 aromatic heterocycles. The molecule has 2 heteroatoms. The van der Waals surface area contributed by atoms with Crippen LogP contribution in [0.5, 0.6) is 0 Å². The third-order valence-corrected chi connectivity index (χ3v) is 4.27. The lowest BCUT2D eigenvalue weighted by atomic mass is 9.69. The van der Waals surface area contributed by atoms with E-state index in [0.29, 0.717) is 5.92 Å². The fraction of sp³-hybridized carbons (Fsp3) is 0.857. The molecule has 0 aliphatic heterocycles. The minimum atomic E-state index is -0.306. The normalized spacial score (nSPS) is 39.1. The molecular formula is C14H24O2. The molecule has 2 aliphatic rings. The van der Waals surface area contributed by atoms with Crippen LogP contribution in [-0.2, 0) is 0 Å². The zero-order valence-corrected chi connectivity index (χ0v) is 10.2. The lowest BCUT2D eigenvalue weighted by Gasteiger charge is -2.40. The van der Waals surface area contributed by atoms with Crippen LogP contribution in [0.4, 0.5) is 0 Å². The van der Waals surface area contributed by atoms with Crippen molar-refractivity contribution < 1.29 is 10.2 Å². The minimum Gasteiger partial charge on any atom is -0.392 e. The molecular weight excluding hydrogens is 200 g/mol. The Morgan fingerprint density at radius 2 is 2.19 bits per heavy atom.